The molecule has 20 heavy (non-hydrogen) atoms. The Bertz CT molecular complexity index is 712. The number of amides is 1. The number of hydrogen-bond donors (Lipinski definition) is 3. The Morgan fingerprint density at radius 3 is 2.25 bits per heavy atom. The molecule has 0 aromatic heterocycles. The van der Waals surface area contributed by atoms with Crippen molar-refractivity contribution in [3.05, 3.63) is 24.3 Å². The van der Waals surface area contributed by atoms with Crippen LogP contribution in [0.1, 0.15) is 6.92 Å². The van der Waals surface area contributed by atoms with E-state index in [0.29, 0.717) is 0 Å². The van der Waals surface area contributed by atoms with E-state index in [1.54, 1.807) is 0 Å². The number of hydrogen-bond acceptors (Lipinski definition) is 5. The first kappa shape index (κ1) is 16.4. The first-order valence-electron chi connectivity index (χ1n) is 5.39. The van der Waals surface area contributed by atoms with Gasteiger partial charge >= 0.3 is 0 Å². The second kappa shape index (κ2) is 5.77. The van der Waals surface area contributed by atoms with Gasteiger partial charge in [0.2, 0.25) is 5.91 Å². The number of carbonyl (C=O) groups excluding carboxylic acids is 1. The Hall–Kier alpha value is -1.65. The van der Waals surface area contributed by atoms with E-state index in [2.05, 4.69) is 5.32 Å². The third-order valence-corrected chi connectivity index (χ3v) is 4.42. The summed E-state index contributed by atoms with van der Waals surface area (Å²) in [5.41, 5.74) is 0.399. The van der Waals surface area contributed by atoms with Crippen LogP contribution in [0.5, 0.6) is 0 Å². The molecule has 1 amide bonds. The third-order valence-electron chi connectivity index (χ3n) is 2.40. The summed E-state index contributed by atoms with van der Waals surface area (Å²) in [6.45, 7) is 1.26. The number of anilines is 2. The second-order valence-electron chi connectivity index (χ2n) is 4.19. The van der Waals surface area contributed by atoms with E-state index in [1.165, 1.54) is 31.2 Å². The molecule has 0 aliphatic rings. The average Bonchev–Trinajstić information content (AvgIpc) is 2.24. The van der Waals surface area contributed by atoms with Crippen molar-refractivity contribution in [1.82, 2.24) is 0 Å². The molecule has 1 aromatic carbocycles. The van der Waals surface area contributed by atoms with Gasteiger partial charge in [0, 0.05) is 11.9 Å². The van der Waals surface area contributed by atoms with E-state index in [0.717, 1.165) is 6.26 Å². The van der Waals surface area contributed by atoms with Crippen LogP contribution in [-0.4, -0.2) is 34.2 Å². The highest BCUT2D eigenvalue weighted by molar-refractivity contribution is 7.92. The molecule has 0 spiro atoms. The number of sulfone groups is 1. The lowest BCUT2D eigenvalue weighted by molar-refractivity contribution is -0.115. The van der Waals surface area contributed by atoms with Gasteiger partial charge in [-0.1, -0.05) is 6.07 Å². The average molecular weight is 321 g/mol. The molecule has 0 aliphatic carbocycles. The Balaban J connectivity index is 2.89. The standard InChI is InChI=1S/C10H15N3O5S2/c1-7(19(2,15)16)10(14)12-8-4-3-5-9(6-8)13-20(11,17)18/h3-7,13H,1-2H3,(H,12,14)(H2,11,17,18). The van der Waals surface area contributed by atoms with Crippen LogP contribution in [0.3, 0.4) is 0 Å². The zero-order valence-corrected chi connectivity index (χ0v) is 12.5. The molecule has 4 N–H and O–H groups in total. The van der Waals surface area contributed by atoms with E-state index >= 15 is 0 Å². The van der Waals surface area contributed by atoms with Crippen molar-refractivity contribution in [2.24, 2.45) is 5.14 Å². The lowest BCUT2D eigenvalue weighted by Crippen LogP contribution is -2.31. The van der Waals surface area contributed by atoms with Gasteiger partial charge in [-0.15, -0.1) is 0 Å². The van der Waals surface area contributed by atoms with Crippen LogP contribution < -0.4 is 15.2 Å². The summed E-state index contributed by atoms with van der Waals surface area (Å²) >= 11 is 0. The van der Waals surface area contributed by atoms with Gasteiger partial charge in [-0.05, 0) is 25.1 Å². The fourth-order valence-corrected chi connectivity index (χ4v) is 2.17. The fourth-order valence-electron chi connectivity index (χ4n) is 1.26. The van der Waals surface area contributed by atoms with Crippen LogP contribution in [0.2, 0.25) is 0 Å². The SMILES string of the molecule is CC(C(=O)Nc1cccc(NS(N)(=O)=O)c1)S(C)(=O)=O. The Labute approximate surface area is 117 Å². The quantitative estimate of drug-likeness (QED) is 0.682. The van der Waals surface area contributed by atoms with Crippen LogP contribution in [-0.2, 0) is 24.8 Å². The highest BCUT2D eigenvalue weighted by atomic mass is 32.2. The van der Waals surface area contributed by atoms with Gasteiger partial charge in [0.05, 0.1) is 5.69 Å². The monoisotopic (exact) mass is 321 g/mol. The highest BCUT2D eigenvalue weighted by Gasteiger charge is 2.23. The van der Waals surface area contributed by atoms with Gasteiger partial charge in [0.1, 0.15) is 5.25 Å². The summed E-state index contributed by atoms with van der Waals surface area (Å²) in [7, 11) is -7.43. The first-order chi connectivity index (χ1) is 8.99. The molecule has 0 aliphatic heterocycles. The van der Waals surface area contributed by atoms with Crippen LogP contribution in [0.4, 0.5) is 11.4 Å². The Morgan fingerprint density at radius 1 is 1.20 bits per heavy atom. The van der Waals surface area contributed by atoms with Crippen LogP contribution in [0, 0.1) is 0 Å². The molecule has 0 saturated carbocycles. The summed E-state index contributed by atoms with van der Waals surface area (Å²) in [5.74, 6) is -0.708. The van der Waals surface area contributed by atoms with E-state index < -0.39 is 31.2 Å². The van der Waals surface area contributed by atoms with Crippen molar-refractivity contribution >= 4 is 37.3 Å². The topological polar surface area (TPSA) is 135 Å². The number of benzene rings is 1. The zero-order chi connectivity index (χ0) is 15.6. The molecule has 0 saturated heterocycles. The predicted molar refractivity (Wildman–Crippen MR) is 76.1 cm³/mol. The third kappa shape index (κ3) is 5.15. The minimum atomic E-state index is -3.92. The minimum Gasteiger partial charge on any atom is -0.325 e. The van der Waals surface area contributed by atoms with Gasteiger partial charge < -0.3 is 5.32 Å². The molecule has 10 heteroatoms. The molecule has 0 bridgehead atoms. The molecule has 112 valence electrons. The second-order valence-corrected chi connectivity index (χ2v) is 7.85. The summed E-state index contributed by atoms with van der Waals surface area (Å²) in [6.07, 6.45) is 0.955. The van der Waals surface area contributed by atoms with Gasteiger partial charge in [-0.2, -0.15) is 8.42 Å². The number of nitrogens with two attached hydrogens (primary N) is 1. The number of nitrogens with one attached hydrogen (secondary N) is 2. The summed E-state index contributed by atoms with van der Waals surface area (Å²) < 4.78 is 46.3. The van der Waals surface area contributed by atoms with Crippen molar-refractivity contribution in [3.8, 4) is 0 Å². The molecule has 0 heterocycles. The molecule has 1 aromatic rings. The van der Waals surface area contributed by atoms with Crippen molar-refractivity contribution in [1.29, 1.82) is 0 Å². The zero-order valence-electron chi connectivity index (χ0n) is 10.8. The lowest BCUT2D eigenvalue weighted by atomic mass is 10.3. The molecule has 0 fully saturated rings. The predicted octanol–water partition coefficient (Wildman–Crippen LogP) is -0.326. The van der Waals surface area contributed by atoms with Gasteiger partial charge in [0.15, 0.2) is 9.84 Å². The maximum Gasteiger partial charge on any atom is 0.296 e. The van der Waals surface area contributed by atoms with E-state index in [1.807, 2.05) is 4.72 Å². The van der Waals surface area contributed by atoms with Gasteiger partial charge in [-0.3, -0.25) is 9.52 Å². The Morgan fingerprint density at radius 2 is 1.75 bits per heavy atom. The van der Waals surface area contributed by atoms with Crippen molar-refractivity contribution in [2.45, 2.75) is 12.2 Å². The number of rotatable bonds is 5. The van der Waals surface area contributed by atoms with Crippen LogP contribution >= 0.6 is 0 Å². The maximum atomic E-state index is 11.7. The van der Waals surface area contributed by atoms with Crippen LogP contribution in [0.25, 0.3) is 0 Å². The summed E-state index contributed by atoms with van der Waals surface area (Å²) in [5, 5.41) is 5.99. The molecular formula is C10H15N3O5S2. The van der Waals surface area contributed by atoms with Crippen molar-refractivity contribution < 1.29 is 21.6 Å². The fraction of sp³-hybridized carbons (Fsp3) is 0.300. The maximum absolute atomic E-state index is 11.7. The minimum absolute atomic E-state index is 0.150. The lowest BCUT2D eigenvalue weighted by Gasteiger charge is -2.11. The molecule has 1 rings (SSSR count). The van der Waals surface area contributed by atoms with Crippen molar-refractivity contribution in [3.63, 3.8) is 0 Å². The van der Waals surface area contributed by atoms with E-state index in [9.17, 15) is 21.6 Å². The van der Waals surface area contributed by atoms with Crippen molar-refractivity contribution in [2.75, 3.05) is 16.3 Å². The summed E-state index contributed by atoms with van der Waals surface area (Å²) in [6, 6.07) is 5.72. The normalized spacial score (nSPS) is 13.6. The first-order valence-corrected chi connectivity index (χ1v) is 8.89. The van der Waals surface area contributed by atoms with Crippen LogP contribution in [0.15, 0.2) is 24.3 Å². The molecule has 0 radical (unpaired) electrons. The van der Waals surface area contributed by atoms with Gasteiger partial charge in [-0.25, -0.2) is 13.6 Å². The smallest absolute Gasteiger partial charge is 0.296 e. The molecule has 1 atom stereocenters. The van der Waals surface area contributed by atoms with Gasteiger partial charge in [0.25, 0.3) is 10.2 Å². The molecule has 8 nitrogen and oxygen atoms in total. The van der Waals surface area contributed by atoms with E-state index in [-0.39, 0.29) is 11.4 Å². The largest absolute Gasteiger partial charge is 0.325 e. The van der Waals surface area contributed by atoms with E-state index in [4.69, 9.17) is 5.14 Å². The molecular weight excluding hydrogens is 306 g/mol. The number of carbonyl (C=O) groups is 1. The summed E-state index contributed by atoms with van der Waals surface area (Å²) in [4.78, 5) is 11.7. The Kier molecular flexibility index (Phi) is 4.73. The highest BCUT2D eigenvalue weighted by Crippen LogP contribution is 2.16. The molecule has 1 unspecified atom stereocenters.